The van der Waals surface area contributed by atoms with Crippen molar-refractivity contribution >= 4 is 51.0 Å². The second kappa shape index (κ2) is 9.18. The summed E-state index contributed by atoms with van der Waals surface area (Å²) in [6, 6.07) is 12.1. The lowest BCUT2D eigenvalue weighted by Crippen LogP contribution is -2.16. The number of carbonyl (C=O) groups excluding carboxylic acids is 2. The van der Waals surface area contributed by atoms with Crippen LogP contribution in [-0.2, 0) is 9.53 Å². The van der Waals surface area contributed by atoms with Gasteiger partial charge in [0.1, 0.15) is 10.6 Å². The maximum atomic E-state index is 12.7. The lowest BCUT2D eigenvalue weighted by atomic mass is 9.97. The zero-order valence-corrected chi connectivity index (χ0v) is 19.9. The van der Waals surface area contributed by atoms with Crippen molar-refractivity contribution in [1.82, 2.24) is 9.97 Å². The topological polar surface area (TPSA) is 84.1 Å². The Bertz CT molecular complexity index is 1320. The van der Waals surface area contributed by atoms with Crippen molar-refractivity contribution in [1.29, 1.82) is 0 Å². The van der Waals surface area contributed by atoms with Crippen molar-refractivity contribution < 1.29 is 14.3 Å². The minimum Gasteiger partial charge on any atom is -0.465 e. The third kappa shape index (κ3) is 4.56. The first-order valence-electron chi connectivity index (χ1n) is 10.0. The van der Waals surface area contributed by atoms with Gasteiger partial charge in [0.2, 0.25) is 5.91 Å². The molecular formula is C24H23N3O3S2. The van der Waals surface area contributed by atoms with Gasteiger partial charge in [-0.1, -0.05) is 41.6 Å². The number of hydrogen-bond acceptors (Lipinski definition) is 6. The number of fused-ring (bicyclic) bond motifs is 1. The maximum absolute atomic E-state index is 12.7. The molecule has 2 aromatic carbocycles. The normalized spacial score (nSPS) is 11.0. The first kappa shape index (κ1) is 22.1. The van der Waals surface area contributed by atoms with E-state index in [9.17, 15) is 9.59 Å². The Hall–Kier alpha value is -3.10. The molecule has 0 aliphatic carbocycles. The molecule has 0 saturated carbocycles. The van der Waals surface area contributed by atoms with Crippen LogP contribution in [0, 0.1) is 20.8 Å². The van der Waals surface area contributed by atoms with Crippen LogP contribution in [0.1, 0.15) is 27.0 Å². The summed E-state index contributed by atoms with van der Waals surface area (Å²) in [4.78, 5) is 33.0. The molecule has 0 atom stereocenters. The van der Waals surface area contributed by atoms with E-state index < -0.39 is 5.97 Å². The van der Waals surface area contributed by atoms with Crippen LogP contribution in [0.15, 0.2) is 46.9 Å². The maximum Gasteiger partial charge on any atom is 0.341 e. The summed E-state index contributed by atoms with van der Waals surface area (Å²) in [6.45, 7) is 6.02. The average molecular weight is 466 g/mol. The van der Waals surface area contributed by atoms with E-state index >= 15 is 0 Å². The number of nitrogens with one attached hydrogen (secondary N) is 2. The molecule has 0 spiro atoms. The number of nitrogens with zero attached hydrogens (tertiary/aromatic N) is 1. The molecule has 0 saturated heterocycles. The van der Waals surface area contributed by atoms with Gasteiger partial charge in [-0.25, -0.2) is 9.78 Å². The van der Waals surface area contributed by atoms with E-state index in [-0.39, 0.29) is 11.7 Å². The smallest absolute Gasteiger partial charge is 0.341 e. The second-order valence-corrected chi connectivity index (χ2v) is 9.41. The summed E-state index contributed by atoms with van der Waals surface area (Å²) in [5, 5.41) is 5.93. The van der Waals surface area contributed by atoms with Gasteiger partial charge in [-0.05, 0) is 49.6 Å². The minimum atomic E-state index is -0.474. The van der Waals surface area contributed by atoms with Gasteiger partial charge >= 0.3 is 5.97 Å². The fourth-order valence-electron chi connectivity index (χ4n) is 3.44. The standard InChI is InChI=1S/C24H23N3O3S2/c1-13-5-7-15(3)16(9-13)17-11-31-22(21(17)23(29)30-4)27-20(28)12-32-24-25-18-8-6-14(2)10-19(18)26-24/h5-11H,12H2,1-4H3,(H,25,26)(H,27,28). The summed E-state index contributed by atoms with van der Waals surface area (Å²) >= 11 is 2.64. The third-order valence-corrected chi connectivity index (χ3v) is 6.84. The minimum absolute atomic E-state index is 0.163. The van der Waals surface area contributed by atoms with Gasteiger partial charge in [-0.15, -0.1) is 11.3 Å². The molecule has 2 heterocycles. The largest absolute Gasteiger partial charge is 0.465 e. The van der Waals surface area contributed by atoms with Crippen LogP contribution in [0.25, 0.3) is 22.2 Å². The van der Waals surface area contributed by atoms with Crippen LogP contribution in [-0.4, -0.2) is 34.7 Å². The van der Waals surface area contributed by atoms with Crippen LogP contribution in [0.4, 0.5) is 5.00 Å². The van der Waals surface area contributed by atoms with Gasteiger partial charge in [0.05, 0.1) is 23.9 Å². The number of aryl methyl sites for hydroxylation is 3. The van der Waals surface area contributed by atoms with Crippen molar-refractivity contribution in [2.24, 2.45) is 0 Å². The summed E-state index contributed by atoms with van der Waals surface area (Å²) < 4.78 is 5.02. The number of rotatable bonds is 6. The molecule has 0 fully saturated rings. The highest BCUT2D eigenvalue weighted by Gasteiger charge is 2.23. The van der Waals surface area contributed by atoms with E-state index in [0.717, 1.165) is 38.9 Å². The molecule has 0 bridgehead atoms. The SMILES string of the molecule is COC(=O)c1c(-c2cc(C)ccc2C)csc1NC(=O)CSc1nc2ccc(C)cc2[nH]1. The summed E-state index contributed by atoms with van der Waals surface area (Å²) in [7, 11) is 1.34. The molecule has 164 valence electrons. The molecule has 1 amide bonds. The number of H-pyrrole nitrogens is 1. The Morgan fingerprint density at radius 2 is 1.84 bits per heavy atom. The number of carbonyl (C=O) groups is 2. The van der Waals surface area contributed by atoms with Crippen LogP contribution in [0.5, 0.6) is 0 Å². The molecule has 8 heteroatoms. The predicted molar refractivity (Wildman–Crippen MR) is 131 cm³/mol. The van der Waals surface area contributed by atoms with Crippen molar-refractivity contribution in [3.05, 3.63) is 64.0 Å². The number of thioether (sulfide) groups is 1. The average Bonchev–Trinajstić information content (AvgIpc) is 3.36. The van der Waals surface area contributed by atoms with Gasteiger partial charge in [-0.2, -0.15) is 0 Å². The highest BCUT2D eigenvalue weighted by Crippen LogP contribution is 2.38. The summed E-state index contributed by atoms with van der Waals surface area (Å²) in [5.41, 5.74) is 7.18. The van der Waals surface area contributed by atoms with Crippen molar-refractivity contribution in [2.45, 2.75) is 25.9 Å². The van der Waals surface area contributed by atoms with Gasteiger partial charge in [0.25, 0.3) is 0 Å². The first-order valence-corrected chi connectivity index (χ1v) is 11.9. The predicted octanol–water partition coefficient (Wildman–Crippen LogP) is 5.73. The molecular weight excluding hydrogens is 442 g/mol. The van der Waals surface area contributed by atoms with Gasteiger partial charge in [-0.3, -0.25) is 4.79 Å². The number of amides is 1. The van der Waals surface area contributed by atoms with Crippen LogP contribution in [0.2, 0.25) is 0 Å². The molecule has 4 rings (SSSR count). The lowest BCUT2D eigenvalue weighted by molar-refractivity contribution is -0.113. The number of hydrogen-bond donors (Lipinski definition) is 2. The lowest BCUT2D eigenvalue weighted by Gasteiger charge is -2.10. The van der Waals surface area contributed by atoms with Crippen LogP contribution < -0.4 is 5.32 Å². The molecule has 2 aromatic heterocycles. The number of methoxy groups -OCH3 is 1. The number of aromatic amines is 1. The summed E-state index contributed by atoms with van der Waals surface area (Å²) in [6.07, 6.45) is 0. The molecule has 0 aliphatic rings. The zero-order chi connectivity index (χ0) is 22.8. The number of aromatic nitrogens is 2. The number of thiophene rings is 1. The highest BCUT2D eigenvalue weighted by molar-refractivity contribution is 7.99. The highest BCUT2D eigenvalue weighted by atomic mass is 32.2. The van der Waals surface area contributed by atoms with Gasteiger partial charge in [0, 0.05) is 10.9 Å². The fourth-order valence-corrected chi connectivity index (χ4v) is 5.09. The van der Waals surface area contributed by atoms with E-state index in [4.69, 9.17) is 4.74 Å². The molecule has 0 unspecified atom stereocenters. The molecule has 6 nitrogen and oxygen atoms in total. The molecule has 32 heavy (non-hydrogen) atoms. The molecule has 0 radical (unpaired) electrons. The first-order chi connectivity index (χ1) is 15.4. The number of ether oxygens (including phenoxy) is 1. The summed E-state index contributed by atoms with van der Waals surface area (Å²) in [5.74, 6) is -0.528. The quantitative estimate of drug-likeness (QED) is 0.280. The fraction of sp³-hybridized carbons (Fsp3) is 0.208. The van der Waals surface area contributed by atoms with Crippen LogP contribution >= 0.6 is 23.1 Å². The van der Waals surface area contributed by atoms with E-state index in [0.29, 0.717) is 15.7 Å². The van der Waals surface area contributed by atoms with Crippen molar-refractivity contribution in [3.63, 3.8) is 0 Å². The number of imidazole rings is 1. The molecule has 4 aromatic rings. The van der Waals surface area contributed by atoms with Gasteiger partial charge < -0.3 is 15.0 Å². The third-order valence-electron chi connectivity index (χ3n) is 5.07. The van der Waals surface area contributed by atoms with E-state index in [2.05, 4.69) is 15.3 Å². The van der Waals surface area contributed by atoms with E-state index in [1.807, 2.05) is 62.5 Å². The Kier molecular flexibility index (Phi) is 6.34. The second-order valence-electron chi connectivity index (χ2n) is 7.56. The molecule has 2 N–H and O–H groups in total. The number of anilines is 1. The Morgan fingerprint density at radius 3 is 2.62 bits per heavy atom. The Balaban J connectivity index is 1.54. The van der Waals surface area contributed by atoms with E-state index in [1.54, 1.807) is 0 Å². The van der Waals surface area contributed by atoms with E-state index in [1.165, 1.54) is 30.2 Å². The number of benzene rings is 2. The number of esters is 1. The van der Waals surface area contributed by atoms with Crippen molar-refractivity contribution in [2.75, 3.05) is 18.2 Å². The van der Waals surface area contributed by atoms with Crippen molar-refractivity contribution in [3.8, 4) is 11.1 Å². The van der Waals surface area contributed by atoms with Crippen LogP contribution in [0.3, 0.4) is 0 Å². The Morgan fingerprint density at radius 1 is 1.09 bits per heavy atom. The Labute approximate surface area is 194 Å². The monoisotopic (exact) mass is 465 g/mol. The van der Waals surface area contributed by atoms with Gasteiger partial charge in [0.15, 0.2) is 5.16 Å². The zero-order valence-electron chi connectivity index (χ0n) is 18.2. The molecule has 0 aliphatic heterocycles.